The van der Waals surface area contributed by atoms with E-state index in [-0.39, 0.29) is 6.61 Å². The molecule has 1 aliphatic rings. The highest BCUT2D eigenvalue weighted by molar-refractivity contribution is 5.29. The molecule has 86 valence electrons. The summed E-state index contributed by atoms with van der Waals surface area (Å²) in [6, 6.07) is 7.82. The van der Waals surface area contributed by atoms with E-state index in [9.17, 15) is 5.11 Å². The van der Waals surface area contributed by atoms with Gasteiger partial charge >= 0.3 is 0 Å². The molecule has 2 rings (SSSR count). The first kappa shape index (κ1) is 11.2. The van der Waals surface area contributed by atoms with E-state index in [1.165, 1.54) is 0 Å². The number of hydrogen-bond acceptors (Lipinski definition) is 3. The Morgan fingerprint density at radius 2 is 2.12 bits per heavy atom. The zero-order valence-electron chi connectivity index (χ0n) is 9.35. The van der Waals surface area contributed by atoms with Gasteiger partial charge in [-0.2, -0.15) is 0 Å². The smallest absolute Gasteiger partial charge is 0.118 e. The lowest BCUT2D eigenvalue weighted by Crippen LogP contribution is -2.34. The summed E-state index contributed by atoms with van der Waals surface area (Å²) in [5.41, 5.74) is 0.593. The van der Waals surface area contributed by atoms with E-state index in [1.807, 2.05) is 36.4 Å². The maximum Gasteiger partial charge on any atom is 0.118 e. The largest absolute Gasteiger partial charge is 0.497 e. The molecular formula is C13H16O3. The maximum absolute atomic E-state index is 9.38. The second kappa shape index (κ2) is 4.68. The molecular weight excluding hydrogens is 204 g/mol. The highest BCUT2D eigenvalue weighted by Gasteiger charge is 2.30. The third-order valence-electron chi connectivity index (χ3n) is 2.82. The van der Waals surface area contributed by atoms with Crippen LogP contribution in [0.2, 0.25) is 0 Å². The van der Waals surface area contributed by atoms with Crippen LogP contribution in [0.25, 0.3) is 0 Å². The van der Waals surface area contributed by atoms with Crippen molar-refractivity contribution < 1.29 is 14.6 Å². The molecule has 1 aliphatic heterocycles. The van der Waals surface area contributed by atoms with Crippen LogP contribution < -0.4 is 4.74 Å². The lowest BCUT2D eigenvalue weighted by Gasteiger charge is -2.24. The molecule has 0 fully saturated rings. The molecule has 0 aliphatic carbocycles. The van der Waals surface area contributed by atoms with Crippen LogP contribution in [0, 0.1) is 0 Å². The minimum atomic E-state index is -0.533. The third-order valence-corrected chi connectivity index (χ3v) is 2.82. The molecule has 0 saturated heterocycles. The second-order valence-corrected chi connectivity index (χ2v) is 3.96. The van der Waals surface area contributed by atoms with E-state index in [4.69, 9.17) is 9.47 Å². The van der Waals surface area contributed by atoms with Gasteiger partial charge < -0.3 is 14.6 Å². The number of aliphatic hydroxyl groups is 1. The van der Waals surface area contributed by atoms with E-state index in [2.05, 4.69) is 0 Å². The number of ether oxygens (including phenoxy) is 2. The fraction of sp³-hybridized carbons (Fsp3) is 0.385. The quantitative estimate of drug-likeness (QED) is 0.782. The van der Waals surface area contributed by atoms with Crippen LogP contribution in [0.1, 0.15) is 5.56 Å². The van der Waals surface area contributed by atoms with Crippen molar-refractivity contribution in [2.24, 2.45) is 0 Å². The molecule has 1 heterocycles. The monoisotopic (exact) mass is 220 g/mol. The molecule has 1 N–H and O–H groups in total. The van der Waals surface area contributed by atoms with Gasteiger partial charge in [-0.15, -0.1) is 0 Å². The van der Waals surface area contributed by atoms with Crippen LogP contribution in [0.4, 0.5) is 0 Å². The fourth-order valence-corrected chi connectivity index (χ4v) is 1.88. The summed E-state index contributed by atoms with van der Waals surface area (Å²) in [6.07, 6.45) is 4.57. The van der Waals surface area contributed by atoms with Gasteiger partial charge in [-0.05, 0) is 17.7 Å². The van der Waals surface area contributed by atoms with Crippen LogP contribution >= 0.6 is 0 Å². The molecule has 0 amide bonds. The van der Waals surface area contributed by atoms with Gasteiger partial charge in [-0.3, -0.25) is 0 Å². The third kappa shape index (κ3) is 2.26. The van der Waals surface area contributed by atoms with Crippen molar-refractivity contribution in [3.8, 4) is 5.75 Å². The fourth-order valence-electron chi connectivity index (χ4n) is 1.88. The van der Waals surface area contributed by atoms with Gasteiger partial charge in [0.15, 0.2) is 0 Å². The van der Waals surface area contributed by atoms with Crippen molar-refractivity contribution in [3.63, 3.8) is 0 Å². The van der Waals surface area contributed by atoms with E-state index >= 15 is 0 Å². The highest BCUT2D eigenvalue weighted by atomic mass is 16.5. The van der Waals surface area contributed by atoms with Crippen LogP contribution in [-0.4, -0.2) is 31.0 Å². The molecule has 1 aromatic carbocycles. The topological polar surface area (TPSA) is 38.7 Å². The lowest BCUT2D eigenvalue weighted by molar-refractivity contribution is -0.0171. The zero-order valence-corrected chi connectivity index (χ0v) is 9.35. The van der Waals surface area contributed by atoms with Crippen molar-refractivity contribution in [2.75, 3.05) is 20.3 Å². The first-order valence-electron chi connectivity index (χ1n) is 5.33. The predicted molar refractivity (Wildman–Crippen MR) is 61.6 cm³/mol. The van der Waals surface area contributed by atoms with Gasteiger partial charge in [0.25, 0.3) is 0 Å². The van der Waals surface area contributed by atoms with Crippen LogP contribution in [0.3, 0.4) is 0 Å². The summed E-state index contributed by atoms with van der Waals surface area (Å²) in [4.78, 5) is 0. The molecule has 0 spiro atoms. The van der Waals surface area contributed by atoms with Gasteiger partial charge in [-0.25, -0.2) is 0 Å². The molecule has 0 saturated carbocycles. The Hall–Kier alpha value is -1.32. The Labute approximate surface area is 95.3 Å². The van der Waals surface area contributed by atoms with Crippen molar-refractivity contribution >= 4 is 0 Å². The van der Waals surface area contributed by atoms with Crippen LogP contribution in [-0.2, 0) is 11.2 Å². The molecule has 16 heavy (non-hydrogen) atoms. The van der Waals surface area contributed by atoms with Gasteiger partial charge in [0.05, 0.1) is 20.3 Å². The number of methoxy groups -OCH3 is 1. The summed E-state index contributed by atoms with van der Waals surface area (Å²) in [6.45, 7) is 0.590. The molecule has 1 aromatic rings. The Morgan fingerprint density at radius 1 is 1.38 bits per heavy atom. The lowest BCUT2D eigenvalue weighted by atomic mass is 9.95. The summed E-state index contributed by atoms with van der Waals surface area (Å²) >= 11 is 0. The molecule has 0 radical (unpaired) electrons. The van der Waals surface area contributed by atoms with Gasteiger partial charge in [0.1, 0.15) is 11.4 Å². The molecule has 0 bridgehead atoms. The molecule has 0 unspecified atom stereocenters. The number of rotatable bonds is 4. The zero-order chi connectivity index (χ0) is 11.4. The molecule has 3 heteroatoms. The summed E-state index contributed by atoms with van der Waals surface area (Å²) < 4.78 is 10.7. The number of hydrogen-bond donors (Lipinski definition) is 1. The summed E-state index contributed by atoms with van der Waals surface area (Å²) in [7, 11) is 1.65. The van der Waals surface area contributed by atoms with E-state index < -0.39 is 5.60 Å². The normalized spacial score (nSPS) is 23.6. The van der Waals surface area contributed by atoms with Crippen molar-refractivity contribution in [3.05, 3.63) is 42.0 Å². The predicted octanol–water partition coefficient (Wildman–Crippen LogP) is 1.56. The Balaban J connectivity index is 2.10. The van der Waals surface area contributed by atoms with E-state index in [0.717, 1.165) is 11.3 Å². The first-order chi connectivity index (χ1) is 7.78. The first-order valence-corrected chi connectivity index (χ1v) is 5.33. The summed E-state index contributed by atoms with van der Waals surface area (Å²) in [5, 5.41) is 9.38. The molecule has 3 nitrogen and oxygen atoms in total. The van der Waals surface area contributed by atoms with E-state index in [1.54, 1.807) is 7.11 Å². The molecule has 0 aromatic heterocycles. The van der Waals surface area contributed by atoms with Gasteiger partial charge in [0, 0.05) is 6.42 Å². The Kier molecular flexibility index (Phi) is 3.27. The standard InChI is InChI=1S/C13H16O3/c1-15-12-5-3-11(4-6-12)9-13(10-14)7-2-8-16-13/h2-7,14H,8-10H2,1H3/t13-/m0/s1. The van der Waals surface area contributed by atoms with Gasteiger partial charge in [0.2, 0.25) is 0 Å². The molecule has 1 atom stereocenters. The average Bonchev–Trinajstić information content (AvgIpc) is 2.79. The van der Waals surface area contributed by atoms with Crippen molar-refractivity contribution in [1.82, 2.24) is 0 Å². The van der Waals surface area contributed by atoms with E-state index in [0.29, 0.717) is 13.0 Å². The maximum atomic E-state index is 9.38. The highest BCUT2D eigenvalue weighted by Crippen LogP contribution is 2.24. The summed E-state index contributed by atoms with van der Waals surface area (Å²) in [5.74, 6) is 0.838. The number of aliphatic hydroxyl groups excluding tert-OH is 1. The van der Waals surface area contributed by atoms with Crippen LogP contribution in [0.15, 0.2) is 36.4 Å². The van der Waals surface area contributed by atoms with Crippen LogP contribution in [0.5, 0.6) is 5.75 Å². The Bertz CT molecular complexity index is 369. The second-order valence-electron chi connectivity index (χ2n) is 3.96. The van der Waals surface area contributed by atoms with Gasteiger partial charge in [-0.1, -0.05) is 24.3 Å². The Morgan fingerprint density at radius 3 is 2.62 bits per heavy atom. The SMILES string of the molecule is COc1ccc(C[C@]2(CO)C=CCO2)cc1. The minimum Gasteiger partial charge on any atom is -0.497 e. The number of benzene rings is 1. The van der Waals surface area contributed by atoms with Crippen molar-refractivity contribution in [2.45, 2.75) is 12.0 Å². The minimum absolute atomic E-state index is 0.00945. The van der Waals surface area contributed by atoms with Crippen molar-refractivity contribution in [1.29, 1.82) is 0 Å². The average molecular weight is 220 g/mol.